The van der Waals surface area contributed by atoms with E-state index in [2.05, 4.69) is 49.2 Å². The molecule has 2 N–H and O–H groups in total. The smallest absolute Gasteiger partial charge is 0.410 e. The summed E-state index contributed by atoms with van der Waals surface area (Å²) in [5, 5.41) is 26.8. The van der Waals surface area contributed by atoms with E-state index in [9.17, 15) is 15.0 Å². The van der Waals surface area contributed by atoms with Gasteiger partial charge >= 0.3 is 6.09 Å². The predicted molar refractivity (Wildman–Crippen MR) is 241 cm³/mol. The molecule has 1 aliphatic heterocycles. The predicted octanol–water partition coefficient (Wildman–Crippen LogP) is 10.7. The molecular formula is C50H60N2O8S. The fraction of sp³-hybridized carbons (Fsp3) is 0.440. The standard InChI is InChI=1S/C50H60N2O8S/c1-5-29-57-50-46(52(49(55)56-6-2)33-36-18-14-17-34-15-8-9-19-40(34)36)32-44(51-58-7-3)42-30-35(16-10-12-27-53)41(20-11-13-28-54)47(48(42)50)43-31-38(23-26-45(43)60-50)59-37-21-24-39(61-4)25-22-37/h5,8-9,14-15,17-19,21-26,30-31,35,41,46-48,53-54H,1,6-7,10-13,16,20,27-29,32-33H2,2-4H3. The lowest BCUT2D eigenvalue weighted by molar-refractivity contribution is -0.256. The molecule has 11 heteroatoms. The molecule has 4 aromatic carbocycles. The van der Waals surface area contributed by atoms with Crippen molar-refractivity contribution < 1.29 is 38.8 Å². The zero-order valence-electron chi connectivity index (χ0n) is 35.7. The van der Waals surface area contributed by atoms with Crippen molar-refractivity contribution in [3.8, 4) is 17.2 Å². The van der Waals surface area contributed by atoms with Gasteiger partial charge in [0, 0.05) is 36.0 Å². The maximum atomic E-state index is 14.6. The highest BCUT2D eigenvalue weighted by atomic mass is 32.2. The Morgan fingerprint density at radius 1 is 0.951 bits per heavy atom. The minimum absolute atomic E-state index is 0.0747. The SMILES string of the molecule is C=CCOC12Oc3ccc(Oc4ccc(SC)cc4)cc3C3C(CCCCO)C(CCCCO)C=C(C(=NOCC)CC1N(Cc1cccc4ccccc14)C(=O)OCC)C32. The first-order chi connectivity index (χ1) is 29.9. The third-order valence-electron chi connectivity index (χ3n) is 12.3. The largest absolute Gasteiger partial charge is 0.459 e. The number of carbonyl (C=O) groups excluding carboxylic acids is 1. The van der Waals surface area contributed by atoms with Gasteiger partial charge in [0.15, 0.2) is 0 Å². The number of benzene rings is 4. The van der Waals surface area contributed by atoms with Crippen molar-refractivity contribution >= 4 is 34.3 Å². The van der Waals surface area contributed by atoms with Crippen LogP contribution in [-0.2, 0) is 20.9 Å². The van der Waals surface area contributed by atoms with E-state index in [1.807, 2.05) is 68.4 Å². The molecule has 324 valence electrons. The summed E-state index contributed by atoms with van der Waals surface area (Å²) in [6, 6.07) is 27.7. The van der Waals surface area contributed by atoms with E-state index in [1.165, 1.54) is 0 Å². The lowest BCUT2D eigenvalue weighted by Gasteiger charge is -2.59. The van der Waals surface area contributed by atoms with Gasteiger partial charge in [-0.3, -0.25) is 4.90 Å². The van der Waals surface area contributed by atoms with E-state index in [4.69, 9.17) is 28.9 Å². The van der Waals surface area contributed by atoms with Gasteiger partial charge in [-0.2, -0.15) is 0 Å². The molecule has 0 bridgehead atoms. The van der Waals surface area contributed by atoms with Gasteiger partial charge in [0.1, 0.15) is 29.9 Å². The minimum atomic E-state index is -1.42. The number of fused-ring (bicyclic) bond motifs is 3. The van der Waals surface area contributed by atoms with Crippen LogP contribution in [0.25, 0.3) is 10.8 Å². The number of amides is 1. The van der Waals surface area contributed by atoms with Crippen LogP contribution >= 0.6 is 11.8 Å². The number of aliphatic hydroxyl groups is 2. The summed E-state index contributed by atoms with van der Waals surface area (Å²) in [4.78, 5) is 23.4. The number of unbranched alkanes of at least 4 members (excludes halogenated alkanes) is 2. The van der Waals surface area contributed by atoms with Gasteiger partial charge in [-0.1, -0.05) is 72.6 Å². The zero-order valence-corrected chi connectivity index (χ0v) is 36.5. The molecule has 3 aliphatic rings. The first-order valence-corrected chi connectivity index (χ1v) is 23.0. The van der Waals surface area contributed by atoms with Crippen molar-refractivity contribution in [2.75, 3.05) is 39.3 Å². The van der Waals surface area contributed by atoms with E-state index < -0.39 is 23.8 Å². The van der Waals surface area contributed by atoms with Gasteiger partial charge in [0.05, 0.1) is 31.4 Å². The molecule has 2 aliphatic carbocycles. The summed E-state index contributed by atoms with van der Waals surface area (Å²) in [5.74, 6) is 0.186. The fourth-order valence-electron chi connectivity index (χ4n) is 9.76. The Balaban J connectivity index is 1.45. The van der Waals surface area contributed by atoms with E-state index in [1.54, 1.807) is 22.7 Å². The molecule has 1 heterocycles. The van der Waals surface area contributed by atoms with Gasteiger partial charge in [0.25, 0.3) is 0 Å². The van der Waals surface area contributed by atoms with Crippen molar-refractivity contribution in [3.63, 3.8) is 0 Å². The van der Waals surface area contributed by atoms with Crippen LogP contribution in [0.4, 0.5) is 4.79 Å². The van der Waals surface area contributed by atoms with Crippen molar-refractivity contribution in [2.45, 2.75) is 88.0 Å². The Hall–Kier alpha value is -4.81. The number of hydrogen-bond acceptors (Lipinski definition) is 10. The summed E-state index contributed by atoms with van der Waals surface area (Å²) >= 11 is 1.68. The average molecular weight is 849 g/mol. The van der Waals surface area contributed by atoms with Crippen LogP contribution in [0, 0.1) is 17.8 Å². The molecule has 4 aromatic rings. The minimum Gasteiger partial charge on any atom is -0.459 e. The highest BCUT2D eigenvalue weighted by Crippen LogP contribution is 2.62. The zero-order chi connectivity index (χ0) is 42.8. The molecule has 6 unspecified atom stereocenters. The van der Waals surface area contributed by atoms with E-state index in [-0.39, 0.29) is 57.1 Å². The van der Waals surface area contributed by atoms with Crippen LogP contribution in [0.2, 0.25) is 0 Å². The van der Waals surface area contributed by atoms with Crippen molar-refractivity contribution in [1.82, 2.24) is 4.90 Å². The van der Waals surface area contributed by atoms with Gasteiger partial charge in [-0.05, 0) is 122 Å². The van der Waals surface area contributed by atoms with Gasteiger partial charge in [-0.25, -0.2) is 4.79 Å². The van der Waals surface area contributed by atoms with Crippen molar-refractivity contribution in [2.24, 2.45) is 22.9 Å². The highest BCUT2D eigenvalue weighted by Gasteiger charge is 2.65. The van der Waals surface area contributed by atoms with Crippen molar-refractivity contribution in [1.29, 1.82) is 0 Å². The van der Waals surface area contributed by atoms with Crippen LogP contribution in [0.3, 0.4) is 0 Å². The number of aliphatic hydroxyl groups excluding tert-OH is 2. The second-order valence-electron chi connectivity index (χ2n) is 15.9. The summed E-state index contributed by atoms with van der Waals surface area (Å²) in [7, 11) is 0. The third-order valence-corrected chi connectivity index (χ3v) is 13.1. The van der Waals surface area contributed by atoms with E-state index >= 15 is 0 Å². The maximum Gasteiger partial charge on any atom is 0.410 e. The second-order valence-corrected chi connectivity index (χ2v) is 16.8. The number of carbonyl (C=O) groups is 1. The molecule has 61 heavy (non-hydrogen) atoms. The molecule has 0 saturated heterocycles. The average Bonchev–Trinajstić information content (AvgIpc) is 3.28. The molecule has 0 radical (unpaired) electrons. The summed E-state index contributed by atoms with van der Waals surface area (Å²) in [5.41, 5.74) is 3.66. The molecular weight excluding hydrogens is 789 g/mol. The first kappa shape index (κ1) is 44.3. The van der Waals surface area contributed by atoms with Crippen LogP contribution in [0.5, 0.6) is 17.2 Å². The molecule has 1 saturated carbocycles. The normalized spacial score (nSPS) is 23.3. The lowest BCUT2D eigenvalue weighted by Crippen LogP contribution is -2.70. The van der Waals surface area contributed by atoms with Crippen LogP contribution in [0.1, 0.15) is 75.8 Å². The number of hydrogen-bond donors (Lipinski definition) is 2. The summed E-state index contributed by atoms with van der Waals surface area (Å²) in [6.45, 7) is 8.96. The lowest BCUT2D eigenvalue weighted by atomic mass is 9.55. The Morgan fingerprint density at radius 3 is 2.44 bits per heavy atom. The van der Waals surface area contributed by atoms with Crippen molar-refractivity contribution in [3.05, 3.63) is 120 Å². The van der Waals surface area contributed by atoms with Gasteiger partial charge in [0.2, 0.25) is 5.79 Å². The first-order valence-electron chi connectivity index (χ1n) is 21.8. The van der Waals surface area contributed by atoms with E-state index in [0.717, 1.165) is 69.5 Å². The number of ether oxygens (including phenoxy) is 4. The highest BCUT2D eigenvalue weighted by molar-refractivity contribution is 7.98. The molecule has 1 amide bonds. The van der Waals surface area contributed by atoms with Crippen LogP contribution in [0.15, 0.2) is 119 Å². The number of allylic oxidation sites excluding steroid dienone is 1. The topological polar surface area (TPSA) is 119 Å². The number of rotatable bonds is 20. The monoisotopic (exact) mass is 848 g/mol. The maximum absolute atomic E-state index is 14.6. The van der Waals surface area contributed by atoms with Crippen LogP contribution < -0.4 is 9.47 Å². The summed E-state index contributed by atoms with van der Waals surface area (Å²) in [6.07, 6.45) is 10.6. The molecule has 0 aromatic heterocycles. The van der Waals surface area contributed by atoms with E-state index in [0.29, 0.717) is 30.9 Å². The fourth-order valence-corrected chi connectivity index (χ4v) is 10.2. The molecule has 7 rings (SSSR count). The number of nitrogens with zero attached hydrogens (tertiary/aromatic N) is 2. The second kappa shape index (κ2) is 20.8. The molecule has 1 fully saturated rings. The Bertz CT molecular complexity index is 2170. The molecule has 6 atom stereocenters. The van der Waals surface area contributed by atoms with Crippen LogP contribution in [-0.4, -0.2) is 78.0 Å². The number of thioether (sulfide) groups is 1. The molecule has 10 nitrogen and oxygen atoms in total. The van der Waals surface area contributed by atoms with Gasteiger partial charge < -0.3 is 34.0 Å². The third kappa shape index (κ3) is 9.50. The Morgan fingerprint density at radius 2 is 1.70 bits per heavy atom. The summed E-state index contributed by atoms with van der Waals surface area (Å²) < 4.78 is 27.0. The quantitative estimate of drug-likeness (QED) is 0.0388. The Kier molecular flexibility index (Phi) is 15.1. The Labute approximate surface area is 364 Å². The number of oxime groups is 1. The molecule has 0 spiro atoms. The van der Waals surface area contributed by atoms with Gasteiger partial charge in [-0.15, -0.1) is 18.3 Å².